The van der Waals surface area contributed by atoms with Gasteiger partial charge >= 0.3 is 0 Å². The quantitative estimate of drug-likeness (QED) is 0.610. The van der Waals surface area contributed by atoms with Crippen LogP contribution in [-0.4, -0.2) is 52.9 Å². The minimum Gasteiger partial charge on any atom is -0.336 e. The Kier molecular flexibility index (Phi) is 4.82. The SMILES string of the molecule is CC(C)(C)c1ccc(C(=O)N2CCN3CCCCC3C2)cc1[N+](=O)[O-]. The summed E-state index contributed by atoms with van der Waals surface area (Å²) in [5.41, 5.74) is 0.780. The normalized spacial score (nSPS) is 21.7. The number of rotatable bonds is 2. The van der Waals surface area contributed by atoms with Crippen molar-refractivity contribution >= 4 is 11.6 Å². The highest BCUT2D eigenvalue weighted by molar-refractivity contribution is 5.95. The Morgan fingerprint density at radius 3 is 2.64 bits per heavy atom. The third kappa shape index (κ3) is 3.68. The Bertz CT molecular complexity index is 681. The Labute approximate surface area is 148 Å². The molecule has 2 heterocycles. The third-order valence-corrected chi connectivity index (χ3v) is 5.37. The highest BCUT2D eigenvalue weighted by atomic mass is 16.6. The molecule has 0 N–H and O–H groups in total. The predicted octanol–water partition coefficient (Wildman–Crippen LogP) is 3.20. The number of carbonyl (C=O) groups is 1. The van der Waals surface area contributed by atoms with E-state index in [1.165, 1.54) is 18.9 Å². The lowest BCUT2D eigenvalue weighted by atomic mass is 9.85. The van der Waals surface area contributed by atoms with Gasteiger partial charge in [0.05, 0.1) is 4.92 Å². The van der Waals surface area contributed by atoms with E-state index in [9.17, 15) is 14.9 Å². The molecule has 1 amide bonds. The van der Waals surface area contributed by atoms with Crippen LogP contribution in [0.2, 0.25) is 0 Å². The Morgan fingerprint density at radius 1 is 1.20 bits per heavy atom. The lowest BCUT2D eigenvalue weighted by Crippen LogP contribution is -2.56. The number of fused-ring (bicyclic) bond motifs is 1. The maximum Gasteiger partial charge on any atom is 0.273 e. The highest BCUT2D eigenvalue weighted by Crippen LogP contribution is 2.32. The van der Waals surface area contributed by atoms with Crippen LogP contribution in [0.3, 0.4) is 0 Å². The molecule has 2 aliphatic heterocycles. The number of nitro groups is 1. The summed E-state index contributed by atoms with van der Waals surface area (Å²) in [4.78, 5) is 28.3. The predicted molar refractivity (Wildman–Crippen MR) is 96.9 cm³/mol. The molecule has 1 unspecified atom stereocenters. The van der Waals surface area contributed by atoms with E-state index in [1.54, 1.807) is 12.1 Å². The van der Waals surface area contributed by atoms with Gasteiger partial charge in [0, 0.05) is 42.9 Å². The molecular weight excluding hydrogens is 318 g/mol. The zero-order chi connectivity index (χ0) is 18.2. The summed E-state index contributed by atoms with van der Waals surface area (Å²) in [6, 6.07) is 5.37. The summed E-state index contributed by atoms with van der Waals surface area (Å²) >= 11 is 0. The average Bonchev–Trinajstić information content (AvgIpc) is 2.59. The number of nitro benzene ring substituents is 1. The summed E-state index contributed by atoms with van der Waals surface area (Å²) in [5, 5.41) is 11.5. The number of nitrogens with zero attached hydrogens (tertiary/aromatic N) is 3. The van der Waals surface area contributed by atoms with Crippen molar-refractivity contribution in [3.05, 3.63) is 39.4 Å². The van der Waals surface area contributed by atoms with Gasteiger partial charge in [-0.25, -0.2) is 0 Å². The fraction of sp³-hybridized carbons (Fsp3) is 0.632. The first-order valence-electron chi connectivity index (χ1n) is 9.09. The van der Waals surface area contributed by atoms with E-state index in [0.717, 1.165) is 26.1 Å². The maximum absolute atomic E-state index is 12.9. The number of piperazine rings is 1. The molecule has 2 aliphatic rings. The van der Waals surface area contributed by atoms with Gasteiger partial charge in [-0.15, -0.1) is 0 Å². The van der Waals surface area contributed by atoms with E-state index in [1.807, 2.05) is 25.7 Å². The molecule has 2 saturated heterocycles. The molecule has 0 radical (unpaired) electrons. The lowest BCUT2D eigenvalue weighted by Gasteiger charge is -2.44. The monoisotopic (exact) mass is 345 g/mol. The number of carbonyl (C=O) groups excluding carboxylic acids is 1. The van der Waals surface area contributed by atoms with Gasteiger partial charge in [0.25, 0.3) is 11.6 Å². The Hall–Kier alpha value is -1.95. The second-order valence-corrected chi connectivity index (χ2v) is 8.18. The highest BCUT2D eigenvalue weighted by Gasteiger charge is 2.32. The van der Waals surface area contributed by atoms with Crippen molar-refractivity contribution in [2.75, 3.05) is 26.2 Å². The summed E-state index contributed by atoms with van der Waals surface area (Å²) < 4.78 is 0. The molecule has 0 bridgehead atoms. The molecule has 6 heteroatoms. The zero-order valence-corrected chi connectivity index (χ0v) is 15.3. The zero-order valence-electron chi connectivity index (χ0n) is 15.3. The maximum atomic E-state index is 12.9. The van der Waals surface area contributed by atoms with Crippen LogP contribution >= 0.6 is 0 Å². The molecular formula is C19H27N3O3. The lowest BCUT2D eigenvalue weighted by molar-refractivity contribution is -0.386. The molecule has 0 saturated carbocycles. The van der Waals surface area contributed by atoms with Crippen LogP contribution in [0.25, 0.3) is 0 Å². The molecule has 1 atom stereocenters. The van der Waals surface area contributed by atoms with Crippen molar-refractivity contribution in [1.29, 1.82) is 0 Å². The molecule has 0 aliphatic carbocycles. The van der Waals surface area contributed by atoms with Gasteiger partial charge < -0.3 is 4.90 Å². The van der Waals surface area contributed by atoms with Crippen LogP contribution in [0, 0.1) is 10.1 Å². The van der Waals surface area contributed by atoms with Gasteiger partial charge in [-0.2, -0.15) is 0 Å². The number of hydrogen-bond acceptors (Lipinski definition) is 4. The van der Waals surface area contributed by atoms with E-state index in [4.69, 9.17) is 0 Å². The van der Waals surface area contributed by atoms with Gasteiger partial charge in [-0.3, -0.25) is 19.8 Å². The molecule has 1 aromatic carbocycles. The molecule has 1 aromatic rings. The molecule has 136 valence electrons. The molecule has 3 rings (SSSR count). The third-order valence-electron chi connectivity index (χ3n) is 5.37. The van der Waals surface area contributed by atoms with E-state index in [-0.39, 0.29) is 21.9 Å². The molecule has 25 heavy (non-hydrogen) atoms. The smallest absolute Gasteiger partial charge is 0.273 e. The minimum atomic E-state index is -0.379. The van der Waals surface area contributed by atoms with Crippen molar-refractivity contribution in [3.8, 4) is 0 Å². The summed E-state index contributed by atoms with van der Waals surface area (Å²) in [7, 11) is 0. The van der Waals surface area contributed by atoms with Gasteiger partial charge in [0.15, 0.2) is 0 Å². The molecule has 6 nitrogen and oxygen atoms in total. The van der Waals surface area contributed by atoms with E-state index < -0.39 is 0 Å². The fourth-order valence-electron chi connectivity index (χ4n) is 3.97. The van der Waals surface area contributed by atoms with Crippen LogP contribution < -0.4 is 0 Å². The van der Waals surface area contributed by atoms with Gasteiger partial charge in [-0.1, -0.05) is 33.3 Å². The first kappa shape index (κ1) is 17.9. The number of benzene rings is 1. The van der Waals surface area contributed by atoms with Crippen molar-refractivity contribution in [3.63, 3.8) is 0 Å². The van der Waals surface area contributed by atoms with Crippen molar-refractivity contribution in [2.24, 2.45) is 0 Å². The largest absolute Gasteiger partial charge is 0.336 e. The Morgan fingerprint density at radius 2 is 1.96 bits per heavy atom. The standard InChI is InChI=1S/C19H27N3O3/c1-19(2,3)16-8-7-14(12-17(16)22(24)25)18(23)21-11-10-20-9-5-4-6-15(20)13-21/h7-8,12,15H,4-6,9-11,13H2,1-3H3. The number of piperidine rings is 1. The van der Waals surface area contributed by atoms with Gasteiger partial charge in [0.1, 0.15) is 0 Å². The van der Waals surface area contributed by atoms with Crippen LogP contribution in [-0.2, 0) is 5.41 Å². The van der Waals surface area contributed by atoms with Crippen molar-refractivity contribution in [2.45, 2.75) is 51.5 Å². The van der Waals surface area contributed by atoms with E-state index >= 15 is 0 Å². The number of amides is 1. The van der Waals surface area contributed by atoms with Crippen LogP contribution in [0.4, 0.5) is 5.69 Å². The van der Waals surface area contributed by atoms with Gasteiger partial charge in [0.2, 0.25) is 0 Å². The summed E-state index contributed by atoms with van der Waals surface area (Å²) in [5.74, 6) is -0.0891. The fourth-order valence-corrected chi connectivity index (χ4v) is 3.97. The van der Waals surface area contributed by atoms with Crippen molar-refractivity contribution < 1.29 is 9.72 Å². The van der Waals surface area contributed by atoms with E-state index in [2.05, 4.69) is 4.90 Å². The van der Waals surface area contributed by atoms with Crippen LogP contribution in [0.5, 0.6) is 0 Å². The summed E-state index contributed by atoms with van der Waals surface area (Å²) in [6.07, 6.45) is 3.59. The summed E-state index contributed by atoms with van der Waals surface area (Å²) in [6.45, 7) is 9.28. The van der Waals surface area contributed by atoms with Gasteiger partial charge in [-0.05, 0) is 30.9 Å². The second kappa shape index (κ2) is 6.75. The topological polar surface area (TPSA) is 66.7 Å². The first-order valence-corrected chi connectivity index (χ1v) is 9.09. The van der Waals surface area contributed by atoms with Crippen LogP contribution in [0.15, 0.2) is 18.2 Å². The molecule has 0 spiro atoms. The van der Waals surface area contributed by atoms with E-state index in [0.29, 0.717) is 23.7 Å². The molecule has 0 aromatic heterocycles. The molecule has 2 fully saturated rings. The number of hydrogen-bond donors (Lipinski definition) is 0. The minimum absolute atomic E-state index is 0.0367. The van der Waals surface area contributed by atoms with Crippen LogP contribution in [0.1, 0.15) is 56.0 Å². The first-order chi connectivity index (χ1) is 11.8. The Balaban J connectivity index is 1.82. The second-order valence-electron chi connectivity index (χ2n) is 8.18. The average molecular weight is 345 g/mol. The van der Waals surface area contributed by atoms with Crippen molar-refractivity contribution in [1.82, 2.24) is 9.80 Å².